The van der Waals surface area contributed by atoms with Gasteiger partial charge in [0, 0.05) is 19.6 Å². The molecule has 0 aliphatic carbocycles. The second-order valence-electron chi connectivity index (χ2n) is 4.17. The smallest absolute Gasteiger partial charge is 0.133 e. The Bertz CT molecular complexity index is 364. The van der Waals surface area contributed by atoms with Crippen LogP contribution in [0.3, 0.4) is 0 Å². The summed E-state index contributed by atoms with van der Waals surface area (Å²) in [5, 5.41) is 0. The molecule has 0 amide bonds. The van der Waals surface area contributed by atoms with Gasteiger partial charge in [0.15, 0.2) is 0 Å². The molecule has 17 heavy (non-hydrogen) atoms. The minimum Gasteiger partial charge on any atom is -0.496 e. The van der Waals surface area contributed by atoms with Gasteiger partial charge in [0.1, 0.15) is 5.75 Å². The highest BCUT2D eigenvalue weighted by atomic mass is 79.9. The molecule has 1 aromatic carbocycles. The monoisotopic (exact) mass is 299 g/mol. The zero-order chi connectivity index (χ0) is 12.1. The zero-order valence-corrected chi connectivity index (χ0v) is 11.7. The lowest BCUT2D eigenvalue weighted by molar-refractivity contribution is 0.0384. The van der Waals surface area contributed by atoms with Crippen LogP contribution in [0.2, 0.25) is 0 Å². The van der Waals surface area contributed by atoms with Crippen molar-refractivity contribution in [3.05, 3.63) is 28.2 Å². The van der Waals surface area contributed by atoms with Gasteiger partial charge >= 0.3 is 0 Å². The molecule has 1 aromatic rings. The highest BCUT2D eigenvalue weighted by molar-refractivity contribution is 9.10. The Morgan fingerprint density at radius 3 is 2.82 bits per heavy atom. The molecule has 4 heteroatoms. The molecule has 0 atom stereocenters. The first-order valence-electron chi connectivity index (χ1n) is 5.92. The van der Waals surface area contributed by atoms with Crippen LogP contribution in [0.5, 0.6) is 5.75 Å². The average molecular weight is 300 g/mol. The molecule has 1 fully saturated rings. The van der Waals surface area contributed by atoms with Gasteiger partial charge in [-0.15, -0.1) is 0 Å². The zero-order valence-electron chi connectivity index (χ0n) is 10.1. The van der Waals surface area contributed by atoms with Gasteiger partial charge < -0.3 is 9.47 Å². The molecule has 1 aliphatic rings. The number of morpholine rings is 1. The lowest BCUT2D eigenvalue weighted by Crippen LogP contribution is -2.37. The summed E-state index contributed by atoms with van der Waals surface area (Å²) in [6.07, 6.45) is 1.06. The predicted molar refractivity (Wildman–Crippen MR) is 71.7 cm³/mol. The molecule has 0 unspecified atom stereocenters. The van der Waals surface area contributed by atoms with E-state index in [0.29, 0.717) is 0 Å². The minimum atomic E-state index is 0.865. The number of ether oxygens (including phenoxy) is 2. The molecule has 0 spiro atoms. The molecule has 0 bridgehead atoms. The molecule has 0 saturated carbocycles. The van der Waals surface area contributed by atoms with Crippen molar-refractivity contribution in [3.63, 3.8) is 0 Å². The van der Waals surface area contributed by atoms with Crippen molar-refractivity contribution >= 4 is 15.9 Å². The molecular formula is C13H18BrNO2. The maximum Gasteiger partial charge on any atom is 0.133 e. The van der Waals surface area contributed by atoms with Crippen molar-refractivity contribution in [1.29, 1.82) is 0 Å². The van der Waals surface area contributed by atoms with Crippen LogP contribution in [0.25, 0.3) is 0 Å². The van der Waals surface area contributed by atoms with Gasteiger partial charge in [0.2, 0.25) is 0 Å². The third-order valence-corrected chi connectivity index (χ3v) is 3.69. The van der Waals surface area contributed by atoms with Crippen LogP contribution in [-0.4, -0.2) is 44.9 Å². The van der Waals surface area contributed by atoms with Crippen molar-refractivity contribution in [1.82, 2.24) is 4.90 Å². The van der Waals surface area contributed by atoms with Crippen LogP contribution in [0.15, 0.2) is 22.7 Å². The number of hydrogen-bond donors (Lipinski definition) is 0. The quantitative estimate of drug-likeness (QED) is 0.852. The van der Waals surface area contributed by atoms with Gasteiger partial charge in [-0.1, -0.05) is 6.07 Å². The van der Waals surface area contributed by atoms with Gasteiger partial charge in [-0.2, -0.15) is 0 Å². The van der Waals surface area contributed by atoms with E-state index in [1.54, 1.807) is 7.11 Å². The molecule has 1 saturated heterocycles. The molecule has 3 nitrogen and oxygen atoms in total. The number of hydrogen-bond acceptors (Lipinski definition) is 3. The van der Waals surface area contributed by atoms with Gasteiger partial charge in [-0.3, -0.25) is 4.90 Å². The van der Waals surface area contributed by atoms with Gasteiger partial charge in [-0.05, 0) is 40.0 Å². The standard InChI is InChI=1S/C13H18BrNO2/c1-16-13-10-11(2-3-12(13)14)4-5-15-6-8-17-9-7-15/h2-3,10H,4-9H2,1H3. The molecule has 1 heterocycles. The number of halogens is 1. The highest BCUT2D eigenvalue weighted by Gasteiger charge is 2.10. The van der Waals surface area contributed by atoms with E-state index in [-0.39, 0.29) is 0 Å². The summed E-state index contributed by atoms with van der Waals surface area (Å²) in [5.41, 5.74) is 1.32. The third-order valence-electron chi connectivity index (χ3n) is 3.04. The van der Waals surface area contributed by atoms with Crippen LogP contribution in [0.1, 0.15) is 5.56 Å². The Balaban J connectivity index is 1.89. The van der Waals surface area contributed by atoms with E-state index in [1.807, 2.05) is 6.07 Å². The normalized spacial score (nSPS) is 17.1. The first-order chi connectivity index (χ1) is 8.29. The molecule has 0 aromatic heterocycles. The Kier molecular flexibility index (Phi) is 4.83. The topological polar surface area (TPSA) is 21.7 Å². The average Bonchev–Trinajstić information content (AvgIpc) is 2.39. The van der Waals surface area contributed by atoms with Crippen LogP contribution in [0, 0.1) is 0 Å². The van der Waals surface area contributed by atoms with Crippen LogP contribution in [0.4, 0.5) is 0 Å². The van der Waals surface area contributed by atoms with Gasteiger partial charge in [-0.25, -0.2) is 0 Å². The summed E-state index contributed by atoms with van der Waals surface area (Å²) in [6, 6.07) is 6.30. The van der Waals surface area contributed by atoms with Gasteiger partial charge in [0.05, 0.1) is 24.8 Å². The van der Waals surface area contributed by atoms with Crippen molar-refractivity contribution in [3.8, 4) is 5.75 Å². The van der Waals surface area contributed by atoms with E-state index in [2.05, 4.69) is 33.0 Å². The number of methoxy groups -OCH3 is 1. The molecule has 0 N–H and O–H groups in total. The number of rotatable bonds is 4. The summed E-state index contributed by atoms with van der Waals surface area (Å²) in [7, 11) is 1.70. The van der Waals surface area contributed by atoms with Crippen molar-refractivity contribution in [2.45, 2.75) is 6.42 Å². The van der Waals surface area contributed by atoms with Crippen molar-refractivity contribution in [2.24, 2.45) is 0 Å². The Morgan fingerprint density at radius 2 is 2.12 bits per heavy atom. The Morgan fingerprint density at radius 1 is 1.35 bits per heavy atom. The van der Waals surface area contributed by atoms with Crippen molar-refractivity contribution < 1.29 is 9.47 Å². The van der Waals surface area contributed by atoms with Gasteiger partial charge in [0.25, 0.3) is 0 Å². The fourth-order valence-corrected chi connectivity index (χ4v) is 2.38. The predicted octanol–water partition coefficient (Wildman–Crippen LogP) is 2.33. The fraction of sp³-hybridized carbons (Fsp3) is 0.538. The van der Waals surface area contributed by atoms with E-state index in [9.17, 15) is 0 Å². The second kappa shape index (κ2) is 6.38. The first kappa shape index (κ1) is 12.9. The molecule has 1 aliphatic heterocycles. The summed E-state index contributed by atoms with van der Waals surface area (Å²) in [6.45, 7) is 4.92. The van der Waals surface area contributed by atoms with E-state index >= 15 is 0 Å². The Hall–Kier alpha value is -0.580. The maximum atomic E-state index is 5.34. The lowest BCUT2D eigenvalue weighted by atomic mass is 10.1. The number of nitrogens with zero attached hydrogens (tertiary/aromatic N) is 1. The summed E-state index contributed by atoms with van der Waals surface area (Å²) in [4.78, 5) is 2.44. The first-order valence-corrected chi connectivity index (χ1v) is 6.71. The van der Waals surface area contributed by atoms with E-state index in [1.165, 1.54) is 5.56 Å². The Labute approximate surface area is 111 Å². The van der Waals surface area contributed by atoms with Crippen LogP contribution >= 0.6 is 15.9 Å². The molecular weight excluding hydrogens is 282 g/mol. The second-order valence-corrected chi connectivity index (χ2v) is 5.03. The summed E-state index contributed by atoms with van der Waals surface area (Å²) < 4.78 is 11.6. The maximum absolute atomic E-state index is 5.34. The van der Waals surface area contributed by atoms with E-state index in [0.717, 1.165) is 49.5 Å². The van der Waals surface area contributed by atoms with Crippen LogP contribution in [-0.2, 0) is 11.2 Å². The largest absolute Gasteiger partial charge is 0.496 e. The molecule has 2 rings (SSSR count). The summed E-state index contributed by atoms with van der Waals surface area (Å²) >= 11 is 3.47. The van der Waals surface area contributed by atoms with E-state index < -0.39 is 0 Å². The minimum absolute atomic E-state index is 0.865. The number of benzene rings is 1. The lowest BCUT2D eigenvalue weighted by Gasteiger charge is -2.26. The SMILES string of the molecule is COc1cc(CCN2CCOCC2)ccc1Br. The molecule has 94 valence electrons. The third kappa shape index (κ3) is 3.69. The van der Waals surface area contributed by atoms with Crippen molar-refractivity contribution in [2.75, 3.05) is 40.0 Å². The highest BCUT2D eigenvalue weighted by Crippen LogP contribution is 2.25. The molecule has 0 radical (unpaired) electrons. The van der Waals surface area contributed by atoms with Crippen LogP contribution < -0.4 is 4.74 Å². The van der Waals surface area contributed by atoms with E-state index in [4.69, 9.17) is 9.47 Å². The summed E-state index contributed by atoms with van der Waals surface area (Å²) in [5.74, 6) is 0.907. The fourth-order valence-electron chi connectivity index (χ4n) is 1.97.